The molecule has 0 atom stereocenters. The number of nitrogens with zero attached hydrogens (tertiary/aromatic N) is 1. The van der Waals surface area contributed by atoms with Crippen LogP contribution in [0.2, 0.25) is 0 Å². The van der Waals surface area contributed by atoms with Crippen molar-refractivity contribution >= 4 is 23.5 Å². The number of nitro benzene ring substituents is 1. The molecule has 128 valence electrons. The third kappa shape index (κ3) is 7.22. The Bertz CT molecular complexity index is 600. The lowest BCUT2D eigenvalue weighted by atomic mass is 10.2. The van der Waals surface area contributed by atoms with E-state index in [4.69, 9.17) is 4.74 Å². The van der Waals surface area contributed by atoms with E-state index >= 15 is 0 Å². The molecule has 1 N–H and O–H groups in total. The lowest BCUT2D eigenvalue weighted by Crippen LogP contribution is -2.32. The number of nitrogens with one attached hydrogen (secondary N) is 1. The Kier molecular flexibility index (Phi) is 5.86. The second-order valence-corrected chi connectivity index (χ2v) is 6.56. The summed E-state index contributed by atoms with van der Waals surface area (Å²) in [5, 5.41) is 13.0. The van der Waals surface area contributed by atoms with Gasteiger partial charge >= 0.3 is 11.6 Å². The van der Waals surface area contributed by atoms with Gasteiger partial charge in [0.05, 0.1) is 4.92 Å². The molecule has 1 amide bonds. The first-order valence-electron chi connectivity index (χ1n) is 6.37. The van der Waals surface area contributed by atoms with Gasteiger partial charge in [0.2, 0.25) is 0 Å². The molecule has 0 aliphatic carbocycles. The van der Waals surface area contributed by atoms with Crippen LogP contribution in [0.15, 0.2) is 23.1 Å². The number of halogens is 3. The number of thioether (sulfide) groups is 1. The molecular formula is C13H15F3N2O4S. The Morgan fingerprint density at radius 3 is 2.43 bits per heavy atom. The third-order valence-corrected chi connectivity index (χ3v) is 3.15. The van der Waals surface area contributed by atoms with Crippen LogP contribution in [0.4, 0.5) is 23.7 Å². The lowest BCUT2D eigenvalue weighted by Gasteiger charge is -2.20. The zero-order chi connectivity index (χ0) is 17.8. The van der Waals surface area contributed by atoms with E-state index in [1.165, 1.54) is 0 Å². The molecular weight excluding hydrogens is 337 g/mol. The Morgan fingerprint density at radius 1 is 1.35 bits per heavy atom. The summed E-state index contributed by atoms with van der Waals surface area (Å²) in [6, 6.07) is 2.97. The van der Waals surface area contributed by atoms with E-state index < -0.39 is 33.9 Å². The van der Waals surface area contributed by atoms with E-state index in [2.05, 4.69) is 5.32 Å². The van der Waals surface area contributed by atoms with Gasteiger partial charge in [0, 0.05) is 23.6 Å². The maximum atomic E-state index is 12.5. The number of non-ortho nitro benzene ring substituents is 1. The highest BCUT2D eigenvalue weighted by molar-refractivity contribution is 8.00. The fourth-order valence-corrected chi connectivity index (χ4v) is 2.17. The molecule has 0 aliphatic heterocycles. The Hall–Kier alpha value is -1.97. The second kappa shape index (κ2) is 7.07. The molecule has 0 unspecified atom stereocenters. The molecule has 1 aromatic rings. The van der Waals surface area contributed by atoms with Gasteiger partial charge in [0.15, 0.2) is 0 Å². The minimum Gasteiger partial charge on any atom is -0.444 e. The zero-order valence-corrected chi connectivity index (χ0v) is 13.4. The summed E-state index contributed by atoms with van der Waals surface area (Å²) in [5.41, 5.74) is -5.70. The molecule has 0 saturated heterocycles. The third-order valence-electron chi connectivity index (χ3n) is 2.30. The molecule has 1 aromatic carbocycles. The predicted octanol–water partition coefficient (Wildman–Crippen LogP) is 4.23. The van der Waals surface area contributed by atoms with Crippen molar-refractivity contribution in [1.29, 1.82) is 0 Å². The number of benzene rings is 1. The molecule has 0 aliphatic rings. The molecule has 1 rings (SSSR count). The van der Waals surface area contributed by atoms with Crippen LogP contribution < -0.4 is 5.32 Å². The number of ether oxygens (including phenoxy) is 1. The molecule has 0 saturated carbocycles. The molecule has 6 nitrogen and oxygen atoms in total. The standard InChI is InChI=1S/C13H15F3N2O4S/c1-12(2,3)22-11(19)17-7-8-6-9(18(20)21)4-5-10(8)23-13(14,15)16/h4-6H,7H2,1-3H3,(H,17,19). The highest BCUT2D eigenvalue weighted by atomic mass is 32.2. The average Bonchev–Trinajstić information content (AvgIpc) is 2.33. The fourth-order valence-electron chi connectivity index (χ4n) is 1.52. The van der Waals surface area contributed by atoms with E-state index in [0.717, 1.165) is 18.2 Å². The van der Waals surface area contributed by atoms with Crippen molar-refractivity contribution in [2.75, 3.05) is 0 Å². The zero-order valence-electron chi connectivity index (χ0n) is 12.6. The first-order valence-corrected chi connectivity index (χ1v) is 7.19. The van der Waals surface area contributed by atoms with Gasteiger partial charge < -0.3 is 10.1 Å². The first-order chi connectivity index (χ1) is 10.4. The Balaban J connectivity index is 2.94. The first kappa shape index (κ1) is 19.1. The van der Waals surface area contributed by atoms with Crippen LogP contribution in [0.3, 0.4) is 0 Å². The van der Waals surface area contributed by atoms with Gasteiger partial charge in [-0.1, -0.05) is 0 Å². The van der Waals surface area contributed by atoms with E-state index in [0.29, 0.717) is 0 Å². The molecule has 0 heterocycles. The van der Waals surface area contributed by atoms with Crippen molar-refractivity contribution in [2.45, 2.75) is 43.3 Å². The molecule has 0 aromatic heterocycles. The van der Waals surface area contributed by atoms with Crippen LogP contribution in [0, 0.1) is 10.1 Å². The van der Waals surface area contributed by atoms with E-state index in [9.17, 15) is 28.1 Å². The summed E-state index contributed by atoms with van der Waals surface area (Å²) in [5.74, 6) is 0. The number of hydrogen-bond acceptors (Lipinski definition) is 5. The summed E-state index contributed by atoms with van der Waals surface area (Å²) in [6.45, 7) is 4.57. The van der Waals surface area contributed by atoms with Crippen molar-refractivity contribution in [2.24, 2.45) is 0 Å². The number of alkyl carbamates (subject to hydrolysis) is 1. The van der Waals surface area contributed by atoms with E-state index in [1.54, 1.807) is 20.8 Å². The minimum atomic E-state index is -4.54. The molecule has 0 spiro atoms. The summed E-state index contributed by atoms with van der Waals surface area (Å²) in [4.78, 5) is 21.3. The van der Waals surface area contributed by atoms with Crippen LogP contribution >= 0.6 is 11.8 Å². The number of rotatable bonds is 4. The van der Waals surface area contributed by atoms with Crippen molar-refractivity contribution in [3.63, 3.8) is 0 Å². The van der Waals surface area contributed by atoms with Crippen LogP contribution in [0.1, 0.15) is 26.3 Å². The predicted molar refractivity (Wildman–Crippen MR) is 78.1 cm³/mol. The Morgan fingerprint density at radius 2 is 1.96 bits per heavy atom. The number of carbonyl (C=O) groups is 1. The van der Waals surface area contributed by atoms with E-state index in [1.807, 2.05) is 0 Å². The van der Waals surface area contributed by atoms with Crippen LogP contribution in [-0.4, -0.2) is 22.1 Å². The summed E-state index contributed by atoms with van der Waals surface area (Å²) in [7, 11) is 0. The Labute approximate surface area is 134 Å². The van der Waals surface area contributed by atoms with Crippen molar-refractivity contribution in [3.8, 4) is 0 Å². The van der Waals surface area contributed by atoms with E-state index in [-0.39, 0.29) is 22.7 Å². The fraction of sp³-hybridized carbons (Fsp3) is 0.462. The number of alkyl halides is 3. The monoisotopic (exact) mass is 352 g/mol. The molecule has 0 fully saturated rings. The van der Waals surface area contributed by atoms with Crippen LogP contribution in [-0.2, 0) is 11.3 Å². The van der Waals surface area contributed by atoms with Gasteiger partial charge in [0.25, 0.3) is 5.69 Å². The lowest BCUT2D eigenvalue weighted by molar-refractivity contribution is -0.385. The molecule has 0 bridgehead atoms. The van der Waals surface area contributed by atoms with Crippen molar-refractivity contribution in [1.82, 2.24) is 5.32 Å². The molecule has 10 heteroatoms. The average molecular weight is 352 g/mol. The number of hydrogen-bond donors (Lipinski definition) is 1. The van der Waals surface area contributed by atoms with Gasteiger partial charge in [-0.2, -0.15) is 13.2 Å². The summed E-state index contributed by atoms with van der Waals surface area (Å²) >= 11 is -0.402. The van der Waals surface area contributed by atoms with Gasteiger partial charge in [-0.15, -0.1) is 0 Å². The number of nitro groups is 1. The minimum absolute atomic E-state index is 0.0209. The van der Waals surface area contributed by atoms with Crippen LogP contribution in [0.25, 0.3) is 0 Å². The highest BCUT2D eigenvalue weighted by Crippen LogP contribution is 2.39. The summed E-state index contributed by atoms with van der Waals surface area (Å²) < 4.78 is 42.5. The topological polar surface area (TPSA) is 81.5 Å². The smallest absolute Gasteiger partial charge is 0.444 e. The quantitative estimate of drug-likeness (QED) is 0.498. The van der Waals surface area contributed by atoms with Crippen molar-refractivity contribution in [3.05, 3.63) is 33.9 Å². The van der Waals surface area contributed by atoms with Gasteiger partial charge in [0.1, 0.15) is 5.60 Å². The summed E-state index contributed by atoms with van der Waals surface area (Å²) in [6.07, 6.45) is -0.827. The van der Waals surface area contributed by atoms with Crippen LogP contribution in [0.5, 0.6) is 0 Å². The molecule has 23 heavy (non-hydrogen) atoms. The second-order valence-electron chi connectivity index (χ2n) is 5.45. The number of carbonyl (C=O) groups excluding carboxylic acids is 1. The maximum Gasteiger partial charge on any atom is 0.446 e. The van der Waals surface area contributed by atoms with Gasteiger partial charge in [-0.05, 0) is 44.2 Å². The maximum absolute atomic E-state index is 12.5. The normalized spacial score (nSPS) is 11.9. The SMILES string of the molecule is CC(C)(C)OC(=O)NCc1cc([N+](=O)[O-])ccc1SC(F)(F)F. The van der Waals surface area contributed by atoms with Gasteiger partial charge in [-0.25, -0.2) is 4.79 Å². The van der Waals surface area contributed by atoms with Gasteiger partial charge in [-0.3, -0.25) is 10.1 Å². The highest BCUT2D eigenvalue weighted by Gasteiger charge is 2.31. The largest absolute Gasteiger partial charge is 0.446 e. The van der Waals surface area contributed by atoms with Crippen molar-refractivity contribution < 1.29 is 27.6 Å². The number of amides is 1. The molecule has 0 radical (unpaired) electrons.